The molecule has 1 saturated heterocycles. The lowest BCUT2D eigenvalue weighted by molar-refractivity contribution is -0.121. The van der Waals surface area contributed by atoms with Gasteiger partial charge in [-0.3, -0.25) is 9.59 Å². The Kier molecular flexibility index (Phi) is 9.93. The number of aryl methyl sites for hydroxylation is 1. The number of carbonyl (C=O) groups is 2. The summed E-state index contributed by atoms with van der Waals surface area (Å²) >= 11 is 12.7. The number of para-hydroxylation sites is 1. The van der Waals surface area contributed by atoms with Crippen LogP contribution in [0.3, 0.4) is 0 Å². The van der Waals surface area contributed by atoms with Gasteiger partial charge in [0.15, 0.2) is 0 Å². The molecule has 10 heteroatoms. The van der Waals surface area contributed by atoms with Crippen LogP contribution >= 0.6 is 23.2 Å². The Labute approximate surface area is 299 Å². The fraction of sp³-hybridized carbons (Fsp3) is 0.436. The van der Waals surface area contributed by atoms with Crippen LogP contribution < -0.4 is 15.5 Å². The number of carbonyl (C=O) groups excluding carboxylic acids is 2. The van der Waals surface area contributed by atoms with Crippen LogP contribution in [-0.4, -0.2) is 85.6 Å². The zero-order valence-electron chi connectivity index (χ0n) is 28.6. The van der Waals surface area contributed by atoms with Crippen molar-refractivity contribution < 1.29 is 9.59 Å². The summed E-state index contributed by atoms with van der Waals surface area (Å²) in [6, 6.07) is 21.7. The lowest BCUT2D eigenvalue weighted by Crippen LogP contribution is -2.53. The van der Waals surface area contributed by atoms with Gasteiger partial charge in [0.2, 0.25) is 5.91 Å². The van der Waals surface area contributed by atoms with E-state index in [2.05, 4.69) is 53.9 Å². The molecular weight excluding hydrogens is 655 g/mol. The third-order valence-corrected chi connectivity index (χ3v) is 11.2. The number of hydrogen-bond acceptors (Lipinski definition) is 5. The van der Waals surface area contributed by atoms with Gasteiger partial charge in [-0.15, -0.1) is 0 Å². The first kappa shape index (κ1) is 33.9. The molecule has 7 rings (SSSR count). The van der Waals surface area contributed by atoms with Crippen LogP contribution in [-0.2, 0) is 18.3 Å². The smallest absolute Gasteiger partial charge is 0.270 e. The number of hydrogen-bond donors (Lipinski definition) is 2. The van der Waals surface area contributed by atoms with E-state index >= 15 is 0 Å². The summed E-state index contributed by atoms with van der Waals surface area (Å²) < 4.78 is 1.96. The molecule has 1 aromatic heterocycles. The van der Waals surface area contributed by atoms with E-state index in [0.717, 1.165) is 66.7 Å². The molecule has 8 nitrogen and oxygen atoms in total. The monoisotopic (exact) mass is 700 g/mol. The number of benzene rings is 3. The number of rotatable bonds is 9. The van der Waals surface area contributed by atoms with E-state index in [4.69, 9.17) is 23.2 Å². The largest absolute Gasteiger partial charge is 0.384 e. The summed E-state index contributed by atoms with van der Waals surface area (Å²) in [5, 5.41) is 9.67. The van der Waals surface area contributed by atoms with E-state index in [1.807, 2.05) is 63.9 Å². The zero-order chi connectivity index (χ0) is 34.2. The van der Waals surface area contributed by atoms with Gasteiger partial charge in [0.1, 0.15) is 5.69 Å². The Morgan fingerprint density at radius 1 is 0.980 bits per heavy atom. The van der Waals surface area contributed by atoms with Crippen LogP contribution in [0.25, 0.3) is 10.9 Å². The maximum absolute atomic E-state index is 14.7. The number of piperidine rings is 1. The number of fused-ring (bicyclic) bond motifs is 3. The van der Waals surface area contributed by atoms with Gasteiger partial charge in [-0.1, -0.05) is 41.4 Å². The quantitative estimate of drug-likeness (QED) is 0.204. The first-order chi connectivity index (χ1) is 23.6. The molecule has 0 radical (unpaired) electrons. The van der Waals surface area contributed by atoms with Crippen molar-refractivity contribution in [1.29, 1.82) is 0 Å². The van der Waals surface area contributed by atoms with Crippen LogP contribution in [0.5, 0.6) is 0 Å². The highest BCUT2D eigenvalue weighted by Gasteiger charge is 2.36. The Hall–Kier alpha value is -3.56. The number of halogens is 2. The van der Waals surface area contributed by atoms with Crippen molar-refractivity contribution in [2.75, 3.05) is 63.6 Å². The van der Waals surface area contributed by atoms with Gasteiger partial charge >= 0.3 is 0 Å². The van der Waals surface area contributed by atoms with E-state index in [0.29, 0.717) is 53.6 Å². The van der Waals surface area contributed by atoms with Crippen molar-refractivity contribution in [3.05, 3.63) is 93.6 Å². The second-order valence-electron chi connectivity index (χ2n) is 14.4. The Bertz CT molecular complexity index is 1850. The minimum absolute atomic E-state index is 0.0535. The maximum atomic E-state index is 14.7. The summed E-state index contributed by atoms with van der Waals surface area (Å²) in [6.07, 6.45) is 3.39. The van der Waals surface area contributed by atoms with E-state index in [1.54, 1.807) is 0 Å². The van der Waals surface area contributed by atoms with Gasteiger partial charge < -0.3 is 29.9 Å². The average molecular weight is 702 g/mol. The van der Waals surface area contributed by atoms with E-state index in [9.17, 15) is 9.59 Å². The maximum Gasteiger partial charge on any atom is 0.270 e. The van der Waals surface area contributed by atoms with Crippen LogP contribution in [0.1, 0.15) is 46.8 Å². The second-order valence-corrected chi connectivity index (χ2v) is 15.3. The van der Waals surface area contributed by atoms with Gasteiger partial charge in [0.05, 0.1) is 6.04 Å². The number of nitrogens with zero attached hydrogens (tertiary/aromatic N) is 4. The van der Waals surface area contributed by atoms with Gasteiger partial charge in [-0.05, 0) is 118 Å². The van der Waals surface area contributed by atoms with Crippen LogP contribution in [0, 0.1) is 11.8 Å². The molecule has 0 bridgehead atoms. The van der Waals surface area contributed by atoms with Crippen molar-refractivity contribution in [3.8, 4) is 0 Å². The lowest BCUT2D eigenvalue weighted by atomic mass is 9.89. The Morgan fingerprint density at radius 3 is 2.53 bits per heavy atom. The van der Waals surface area contributed by atoms with E-state index < -0.39 is 0 Å². The highest BCUT2D eigenvalue weighted by atomic mass is 35.5. The Morgan fingerprint density at radius 2 is 1.73 bits per heavy atom. The molecule has 1 fully saturated rings. The standard InChI is InChI=1S/C39H46Cl2N6O2/c1-44(2)23-26-16-27-17-31(41)9-11-36(27)47(24-26)38(48)34(19-29-22-43-33-7-5-4-6-32(29)33)42-21-25-12-14-46(15-13-25)39(49)37-20-28-18-30(40)8-10-35(28)45(37)3/h4-11,17-18,20,25-26,29,34,42-43H,12-16,19,21-24H2,1-3H3. The number of likely N-dealkylation sites (tertiary alicyclic amines) is 1. The SMILES string of the molecule is CN(C)CC1Cc2cc(Cl)ccc2N(C(=O)C(CC2CNc3ccccc32)NCC2CCN(C(=O)c3cc4cc(Cl)ccc4n3C)CC2)C1. The minimum Gasteiger partial charge on any atom is -0.384 e. The summed E-state index contributed by atoms with van der Waals surface area (Å²) in [4.78, 5) is 34.5. The third kappa shape index (κ3) is 7.20. The van der Waals surface area contributed by atoms with Crippen molar-refractivity contribution in [3.63, 3.8) is 0 Å². The lowest BCUT2D eigenvalue weighted by Gasteiger charge is -2.38. The van der Waals surface area contributed by atoms with Gasteiger partial charge in [0, 0.05) is 78.0 Å². The third-order valence-electron chi connectivity index (χ3n) is 10.7. The van der Waals surface area contributed by atoms with Crippen molar-refractivity contribution in [2.24, 2.45) is 18.9 Å². The Balaban J connectivity index is 1.06. The number of nitrogens with one attached hydrogen (secondary N) is 2. The molecule has 3 unspecified atom stereocenters. The summed E-state index contributed by atoms with van der Waals surface area (Å²) in [7, 11) is 6.12. The highest BCUT2D eigenvalue weighted by Crippen LogP contribution is 2.37. The molecule has 2 N–H and O–H groups in total. The molecule has 49 heavy (non-hydrogen) atoms. The fourth-order valence-electron chi connectivity index (χ4n) is 8.21. The molecule has 0 saturated carbocycles. The topological polar surface area (TPSA) is 72.8 Å². The second kappa shape index (κ2) is 14.4. The van der Waals surface area contributed by atoms with Crippen molar-refractivity contribution in [2.45, 2.75) is 37.6 Å². The molecule has 2 amide bonds. The van der Waals surface area contributed by atoms with Crippen LogP contribution in [0.15, 0.2) is 66.7 Å². The van der Waals surface area contributed by atoms with Gasteiger partial charge in [-0.2, -0.15) is 0 Å². The summed E-state index contributed by atoms with van der Waals surface area (Å²) in [5.74, 6) is 1.10. The van der Waals surface area contributed by atoms with E-state index in [1.165, 1.54) is 5.56 Å². The predicted octanol–water partition coefficient (Wildman–Crippen LogP) is 6.66. The normalized spacial score (nSPS) is 20.0. The number of anilines is 2. The molecule has 0 aliphatic carbocycles. The van der Waals surface area contributed by atoms with Crippen molar-refractivity contribution >= 4 is 57.3 Å². The molecule has 3 atom stereocenters. The first-order valence-corrected chi connectivity index (χ1v) is 18.2. The molecule has 258 valence electrons. The van der Waals surface area contributed by atoms with Crippen LogP contribution in [0.2, 0.25) is 10.0 Å². The molecule has 0 spiro atoms. The molecule has 3 aliphatic heterocycles. The van der Waals surface area contributed by atoms with Crippen molar-refractivity contribution in [1.82, 2.24) is 19.7 Å². The molecule has 4 aromatic rings. The molecule has 4 heterocycles. The minimum atomic E-state index is -0.345. The summed E-state index contributed by atoms with van der Waals surface area (Å²) in [6.45, 7) is 4.52. The zero-order valence-corrected chi connectivity index (χ0v) is 30.1. The van der Waals surface area contributed by atoms with E-state index in [-0.39, 0.29) is 23.8 Å². The molecular formula is C39H46Cl2N6O2. The van der Waals surface area contributed by atoms with Gasteiger partial charge in [0.25, 0.3) is 5.91 Å². The first-order valence-electron chi connectivity index (χ1n) is 17.5. The predicted molar refractivity (Wildman–Crippen MR) is 200 cm³/mol. The highest BCUT2D eigenvalue weighted by molar-refractivity contribution is 6.31. The van der Waals surface area contributed by atoms with Crippen LogP contribution in [0.4, 0.5) is 11.4 Å². The summed E-state index contributed by atoms with van der Waals surface area (Å²) in [5.41, 5.74) is 6.23. The molecule has 3 aromatic carbocycles. The fourth-order valence-corrected chi connectivity index (χ4v) is 8.58. The number of amides is 2. The average Bonchev–Trinajstić information content (AvgIpc) is 3.65. The van der Waals surface area contributed by atoms with Gasteiger partial charge in [-0.25, -0.2) is 0 Å². The number of aromatic nitrogens is 1. The molecule has 3 aliphatic rings.